The fraction of sp³-hybridized carbons (Fsp3) is 0.533. The first kappa shape index (κ1) is 28.2. The fourth-order valence-electron chi connectivity index (χ4n) is 5.89. The van der Waals surface area contributed by atoms with Crippen molar-refractivity contribution in [1.82, 2.24) is 10.3 Å². The number of carbonyl (C=O) groups excluding carboxylic acids is 1. The zero-order chi connectivity index (χ0) is 27.2. The Bertz CT molecular complexity index is 1160. The molecular weight excluding hydrogens is 500 g/mol. The Kier molecular flexibility index (Phi) is 9.55. The number of halogens is 1. The second kappa shape index (κ2) is 12.9. The van der Waals surface area contributed by atoms with Gasteiger partial charge in [0.05, 0.1) is 30.4 Å². The van der Waals surface area contributed by atoms with Crippen LogP contribution in [0.15, 0.2) is 52.2 Å². The van der Waals surface area contributed by atoms with Crippen molar-refractivity contribution in [3.8, 4) is 5.88 Å². The zero-order valence-electron chi connectivity index (χ0n) is 22.6. The van der Waals surface area contributed by atoms with Crippen LogP contribution in [0.5, 0.6) is 5.88 Å². The van der Waals surface area contributed by atoms with Crippen molar-refractivity contribution in [1.29, 1.82) is 0 Å². The molecule has 6 unspecified atom stereocenters. The van der Waals surface area contributed by atoms with Gasteiger partial charge in [0.2, 0.25) is 5.88 Å². The summed E-state index contributed by atoms with van der Waals surface area (Å²) in [7, 11) is 1.68. The number of hydrogen-bond acceptors (Lipinski definition) is 6. The number of nitrogens with one attached hydrogen (secondary N) is 1. The van der Waals surface area contributed by atoms with Gasteiger partial charge in [-0.05, 0) is 60.6 Å². The standard InChI is InChI=1S/C30H39ClN4O3/c1-5-20-11-25(30(38-4)34-14-20)24-8-6-7-21(19(24)3)12-22-10-9-18(2)26-16-32-17-27(28(26)35-22)29(37)33-15-23(36)13-31/h5,9-11,14,17-19,21,23-24,26,36H,1,6-8,12-13,15-16H2,2-4H3,(H,33,37). The van der Waals surface area contributed by atoms with E-state index in [1.807, 2.05) is 6.08 Å². The van der Waals surface area contributed by atoms with E-state index in [0.717, 1.165) is 48.2 Å². The quantitative estimate of drug-likeness (QED) is 0.434. The number of aliphatic hydroxyl groups excluding tert-OH is 1. The van der Waals surface area contributed by atoms with Crippen molar-refractivity contribution >= 4 is 35.5 Å². The monoisotopic (exact) mass is 538 g/mol. The van der Waals surface area contributed by atoms with Gasteiger partial charge in [0.15, 0.2) is 0 Å². The molecular formula is C30H39ClN4O3. The van der Waals surface area contributed by atoms with Crippen LogP contribution in [0.2, 0.25) is 0 Å². The van der Waals surface area contributed by atoms with Crippen molar-refractivity contribution in [3.63, 3.8) is 0 Å². The van der Waals surface area contributed by atoms with Crippen LogP contribution in [0.1, 0.15) is 56.6 Å². The highest BCUT2D eigenvalue weighted by Gasteiger charge is 2.35. The van der Waals surface area contributed by atoms with Crippen LogP contribution in [0.4, 0.5) is 0 Å². The second-order valence-corrected chi connectivity index (χ2v) is 11.0. The van der Waals surface area contributed by atoms with Crippen molar-refractivity contribution in [3.05, 3.63) is 53.4 Å². The third kappa shape index (κ3) is 6.26. The minimum absolute atomic E-state index is 0.0426. The van der Waals surface area contributed by atoms with Crippen LogP contribution >= 0.6 is 11.6 Å². The van der Waals surface area contributed by atoms with Crippen molar-refractivity contribution in [2.75, 3.05) is 26.1 Å². The Morgan fingerprint density at radius 3 is 2.89 bits per heavy atom. The van der Waals surface area contributed by atoms with Crippen molar-refractivity contribution in [2.24, 2.45) is 33.7 Å². The van der Waals surface area contributed by atoms with E-state index in [1.165, 1.54) is 0 Å². The number of pyridine rings is 1. The number of rotatable bonds is 9. The molecule has 1 amide bonds. The summed E-state index contributed by atoms with van der Waals surface area (Å²) < 4.78 is 5.64. The normalized spacial score (nSPS) is 27.7. The summed E-state index contributed by atoms with van der Waals surface area (Å²) in [6, 6.07) is 2.16. The molecule has 1 aromatic rings. The lowest BCUT2D eigenvalue weighted by Gasteiger charge is -2.37. The maximum atomic E-state index is 13.0. The van der Waals surface area contributed by atoms with Crippen LogP contribution < -0.4 is 10.1 Å². The number of aliphatic imine (C=N–C) groups is 2. The number of amides is 1. The van der Waals surface area contributed by atoms with Gasteiger partial charge in [-0.3, -0.25) is 14.8 Å². The lowest BCUT2D eigenvalue weighted by Crippen LogP contribution is -2.36. The van der Waals surface area contributed by atoms with E-state index < -0.39 is 6.10 Å². The maximum Gasteiger partial charge on any atom is 0.254 e. The SMILES string of the molecule is C=Cc1cnc(OC)c(C2CCCC(CC3=NC4=C(C(=O)NCC(O)CCl)C=NCC4C(C)C=C3)C2C)c1. The van der Waals surface area contributed by atoms with Crippen molar-refractivity contribution in [2.45, 2.75) is 51.6 Å². The first-order chi connectivity index (χ1) is 18.4. The maximum absolute atomic E-state index is 13.0. The number of fused-ring (bicyclic) bond motifs is 1. The molecule has 1 saturated carbocycles. The number of aromatic nitrogens is 1. The third-order valence-corrected chi connectivity index (χ3v) is 8.59. The minimum Gasteiger partial charge on any atom is -0.481 e. The summed E-state index contributed by atoms with van der Waals surface area (Å²) in [4.78, 5) is 27.1. The Hall–Kier alpha value is -2.77. The molecule has 2 aliphatic heterocycles. The largest absolute Gasteiger partial charge is 0.481 e. The second-order valence-electron chi connectivity index (χ2n) is 10.7. The number of alkyl halides is 1. The Balaban J connectivity index is 1.60. The summed E-state index contributed by atoms with van der Waals surface area (Å²) in [5, 5.41) is 12.6. The lowest BCUT2D eigenvalue weighted by molar-refractivity contribution is -0.117. The number of hydrogen-bond donors (Lipinski definition) is 2. The van der Waals surface area contributed by atoms with Crippen LogP contribution in [0, 0.1) is 23.7 Å². The summed E-state index contributed by atoms with van der Waals surface area (Å²) in [5.41, 5.74) is 4.41. The molecule has 0 saturated heterocycles. The Labute approximate surface area is 230 Å². The number of methoxy groups -OCH3 is 1. The number of aliphatic hydroxyl groups is 1. The highest BCUT2D eigenvalue weighted by molar-refractivity contribution is 6.18. The molecule has 7 nitrogen and oxygen atoms in total. The van der Waals surface area contributed by atoms with E-state index in [9.17, 15) is 9.90 Å². The number of carbonyl (C=O) groups is 1. The molecule has 6 atom stereocenters. The number of dihydropyridines is 1. The minimum atomic E-state index is -0.793. The molecule has 8 heteroatoms. The van der Waals surface area contributed by atoms with E-state index in [0.29, 0.717) is 35.8 Å². The Morgan fingerprint density at radius 1 is 1.34 bits per heavy atom. The van der Waals surface area contributed by atoms with E-state index in [-0.39, 0.29) is 30.2 Å². The van der Waals surface area contributed by atoms with Gasteiger partial charge in [-0.1, -0.05) is 39.0 Å². The molecule has 4 rings (SSSR count). The molecule has 3 heterocycles. The summed E-state index contributed by atoms with van der Waals surface area (Å²) in [6.07, 6.45) is 13.0. The fourth-order valence-corrected chi connectivity index (χ4v) is 6.00. The number of ether oxygens (including phenoxy) is 1. The van der Waals surface area contributed by atoms with Crippen LogP contribution in [-0.2, 0) is 4.79 Å². The average Bonchev–Trinajstić information content (AvgIpc) is 3.10. The topological polar surface area (TPSA) is 96.2 Å². The highest BCUT2D eigenvalue weighted by atomic mass is 35.5. The highest BCUT2D eigenvalue weighted by Crippen LogP contribution is 2.45. The zero-order valence-corrected chi connectivity index (χ0v) is 23.3. The van der Waals surface area contributed by atoms with Gasteiger partial charge in [-0.15, -0.1) is 11.6 Å². The van der Waals surface area contributed by atoms with Gasteiger partial charge in [-0.2, -0.15) is 0 Å². The Morgan fingerprint density at radius 2 is 2.16 bits per heavy atom. The first-order valence-corrected chi connectivity index (χ1v) is 14.1. The molecule has 3 aliphatic rings. The molecule has 2 N–H and O–H groups in total. The molecule has 1 fully saturated rings. The predicted octanol–water partition coefficient (Wildman–Crippen LogP) is 4.96. The van der Waals surface area contributed by atoms with Gasteiger partial charge in [-0.25, -0.2) is 4.98 Å². The number of nitrogens with zero attached hydrogens (tertiary/aromatic N) is 3. The van der Waals surface area contributed by atoms with E-state index >= 15 is 0 Å². The first-order valence-electron chi connectivity index (χ1n) is 13.5. The average molecular weight is 539 g/mol. The lowest BCUT2D eigenvalue weighted by atomic mass is 9.68. The van der Waals surface area contributed by atoms with Gasteiger partial charge in [0.1, 0.15) is 0 Å². The predicted molar refractivity (Wildman–Crippen MR) is 154 cm³/mol. The smallest absolute Gasteiger partial charge is 0.254 e. The van der Waals surface area contributed by atoms with Gasteiger partial charge >= 0.3 is 0 Å². The molecule has 38 heavy (non-hydrogen) atoms. The van der Waals surface area contributed by atoms with Gasteiger partial charge in [0.25, 0.3) is 5.91 Å². The van der Waals surface area contributed by atoms with E-state index in [4.69, 9.17) is 21.3 Å². The molecule has 0 bridgehead atoms. The summed E-state index contributed by atoms with van der Waals surface area (Å²) >= 11 is 5.69. The van der Waals surface area contributed by atoms with Crippen LogP contribution in [-0.4, -0.2) is 60.1 Å². The van der Waals surface area contributed by atoms with E-state index in [2.05, 4.69) is 53.9 Å². The molecule has 0 radical (unpaired) electrons. The molecule has 1 aromatic heterocycles. The van der Waals surface area contributed by atoms with E-state index in [1.54, 1.807) is 19.5 Å². The molecule has 204 valence electrons. The van der Waals surface area contributed by atoms with Crippen molar-refractivity contribution < 1.29 is 14.6 Å². The number of allylic oxidation sites excluding steroid dienone is 2. The molecule has 0 spiro atoms. The molecule has 1 aliphatic carbocycles. The van der Waals surface area contributed by atoms with Gasteiger partial charge in [0, 0.05) is 42.7 Å². The van der Waals surface area contributed by atoms with Crippen LogP contribution in [0.3, 0.4) is 0 Å². The van der Waals surface area contributed by atoms with Gasteiger partial charge < -0.3 is 15.2 Å². The summed E-state index contributed by atoms with van der Waals surface area (Å²) in [5.74, 6) is 1.92. The third-order valence-electron chi connectivity index (χ3n) is 8.23. The summed E-state index contributed by atoms with van der Waals surface area (Å²) in [6.45, 7) is 9.09. The molecule has 0 aromatic carbocycles. The van der Waals surface area contributed by atoms with Crippen LogP contribution in [0.25, 0.3) is 6.08 Å².